The van der Waals surface area contributed by atoms with Crippen molar-refractivity contribution >= 4 is 11.3 Å². The highest BCUT2D eigenvalue weighted by atomic mass is 32.1. The van der Waals surface area contributed by atoms with E-state index in [1.165, 1.54) is 0 Å². The lowest BCUT2D eigenvalue weighted by atomic mass is 10.1. The van der Waals surface area contributed by atoms with E-state index >= 15 is 0 Å². The van der Waals surface area contributed by atoms with Gasteiger partial charge in [0.2, 0.25) is 0 Å². The van der Waals surface area contributed by atoms with E-state index in [2.05, 4.69) is 6.92 Å². The molecule has 0 spiro atoms. The Labute approximate surface area is 145 Å². The summed E-state index contributed by atoms with van der Waals surface area (Å²) in [5, 5.41) is 0.958. The molecule has 1 aromatic heterocycles. The summed E-state index contributed by atoms with van der Waals surface area (Å²) in [6.45, 7) is 2.07. The molecule has 5 heteroatoms. The highest BCUT2D eigenvalue weighted by Crippen LogP contribution is 2.39. The lowest BCUT2D eigenvalue weighted by Gasteiger charge is -2.09. The van der Waals surface area contributed by atoms with Gasteiger partial charge in [0.15, 0.2) is 0 Å². The fourth-order valence-corrected chi connectivity index (χ4v) is 3.44. The average molecular weight is 341 g/mol. The van der Waals surface area contributed by atoms with E-state index in [1.807, 2.05) is 42.5 Å². The molecule has 2 aromatic carbocycles. The second-order valence-electron chi connectivity index (χ2n) is 5.22. The van der Waals surface area contributed by atoms with Crippen LogP contribution in [0.1, 0.15) is 4.88 Å². The maximum Gasteiger partial charge on any atom is 0.131 e. The van der Waals surface area contributed by atoms with Gasteiger partial charge < -0.3 is 14.2 Å². The van der Waals surface area contributed by atoms with Gasteiger partial charge in [0, 0.05) is 22.1 Å². The molecule has 0 radical (unpaired) electrons. The van der Waals surface area contributed by atoms with Crippen LogP contribution in [0.3, 0.4) is 0 Å². The Kier molecular flexibility index (Phi) is 4.71. The van der Waals surface area contributed by atoms with Gasteiger partial charge in [-0.05, 0) is 31.2 Å². The van der Waals surface area contributed by atoms with Crippen LogP contribution in [0.4, 0.5) is 0 Å². The Hall–Kier alpha value is -2.53. The SMILES string of the molecule is COc1cccc(-c2nc(-c3ccc(OC)cc3OC)c(C)s2)c1. The molecule has 1 heterocycles. The lowest BCUT2D eigenvalue weighted by Crippen LogP contribution is -1.91. The molecule has 0 aliphatic heterocycles. The zero-order valence-electron chi connectivity index (χ0n) is 14.1. The van der Waals surface area contributed by atoms with E-state index in [-0.39, 0.29) is 0 Å². The summed E-state index contributed by atoms with van der Waals surface area (Å²) in [5.74, 6) is 2.33. The molecule has 24 heavy (non-hydrogen) atoms. The Morgan fingerprint density at radius 1 is 0.875 bits per heavy atom. The van der Waals surface area contributed by atoms with Gasteiger partial charge in [0.1, 0.15) is 22.3 Å². The van der Waals surface area contributed by atoms with Crippen molar-refractivity contribution in [1.29, 1.82) is 0 Å². The predicted octanol–water partition coefficient (Wildman–Crippen LogP) is 4.81. The summed E-state index contributed by atoms with van der Waals surface area (Å²) in [4.78, 5) is 5.97. The second kappa shape index (κ2) is 6.93. The Balaban J connectivity index is 2.06. The second-order valence-corrected chi connectivity index (χ2v) is 6.43. The first-order valence-corrected chi connectivity index (χ1v) is 8.32. The zero-order valence-corrected chi connectivity index (χ0v) is 14.9. The summed E-state index contributed by atoms with van der Waals surface area (Å²) in [5.41, 5.74) is 2.93. The van der Waals surface area contributed by atoms with Crippen LogP contribution in [0, 0.1) is 6.92 Å². The monoisotopic (exact) mass is 341 g/mol. The smallest absolute Gasteiger partial charge is 0.131 e. The van der Waals surface area contributed by atoms with Crippen molar-refractivity contribution in [3.05, 3.63) is 47.3 Å². The third-order valence-corrected chi connectivity index (χ3v) is 4.80. The molecule has 0 fully saturated rings. The van der Waals surface area contributed by atoms with Gasteiger partial charge in [-0.1, -0.05) is 12.1 Å². The molecule has 0 aliphatic rings. The number of aromatic nitrogens is 1. The first-order valence-electron chi connectivity index (χ1n) is 7.50. The van der Waals surface area contributed by atoms with E-state index in [4.69, 9.17) is 19.2 Å². The minimum Gasteiger partial charge on any atom is -0.497 e. The fourth-order valence-electron chi connectivity index (χ4n) is 2.52. The molecule has 3 aromatic rings. The van der Waals surface area contributed by atoms with Gasteiger partial charge in [-0.15, -0.1) is 11.3 Å². The van der Waals surface area contributed by atoms with Gasteiger partial charge >= 0.3 is 0 Å². The molecule has 0 bridgehead atoms. The van der Waals surface area contributed by atoms with Crippen molar-refractivity contribution < 1.29 is 14.2 Å². The third kappa shape index (κ3) is 3.08. The first kappa shape index (κ1) is 16.3. The minimum atomic E-state index is 0.750. The van der Waals surface area contributed by atoms with Crippen LogP contribution in [0.25, 0.3) is 21.8 Å². The van der Waals surface area contributed by atoms with E-state index in [9.17, 15) is 0 Å². The molecular formula is C19H19NO3S. The van der Waals surface area contributed by atoms with Crippen LogP contribution >= 0.6 is 11.3 Å². The highest BCUT2D eigenvalue weighted by molar-refractivity contribution is 7.15. The van der Waals surface area contributed by atoms with Crippen LogP contribution in [-0.2, 0) is 0 Å². The van der Waals surface area contributed by atoms with Crippen molar-refractivity contribution in [2.45, 2.75) is 6.92 Å². The minimum absolute atomic E-state index is 0.750. The molecule has 0 aliphatic carbocycles. The van der Waals surface area contributed by atoms with Crippen LogP contribution < -0.4 is 14.2 Å². The third-order valence-electron chi connectivity index (χ3n) is 3.78. The Morgan fingerprint density at radius 3 is 2.33 bits per heavy atom. The van der Waals surface area contributed by atoms with E-state index in [0.717, 1.165) is 44.0 Å². The molecule has 0 amide bonds. The van der Waals surface area contributed by atoms with Crippen molar-refractivity contribution in [2.75, 3.05) is 21.3 Å². The lowest BCUT2D eigenvalue weighted by molar-refractivity contribution is 0.395. The first-order chi connectivity index (χ1) is 11.7. The molecule has 0 atom stereocenters. The van der Waals surface area contributed by atoms with Gasteiger partial charge in [0.05, 0.1) is 27.0 Å². The molecule has 124 valence electrons. The van der Waals surface area contributed by atoms with Crippen molar-refractivity contribution in [3.63, 3.8) is 0 Å². The summed E-state index contributed by atoms with van der Waals surface area (Å²) >= 11 is 1.66. The summed E-state index contributed by atoms with van der Waals surface area (Å²) < 4.78 is 16.1. The van der Waals surface area contributed by atoms with Gasteiger partial charge in [0.25, 0.3) is 0 Å². The highest BCUT2D eigenvalue weighted by Gasteiger charge is 2.16. The van der Waals surface area contributed by atoms with E-state index < -0.39 is 0 Å². The number of hydrogen-bond donors (Lipinski definition) is 0. The molecule has 0 saturated carbocycles. The number of thiazole rings is 1. The van der Waals surface area contributed by atoms with Crippen LogP contribution in [0.15, 0.2) is 42.5 Å². The van der Waals surface area contributed by atoms with Gasteiger partial charge in [-0.25, -0.2) is 4.98 Å². The number of ether oxygens (including phenoxy) is 3. The van der Waals surface area contributed by atoms with Crippen LogP contribution in [-0.4, -0.2) is 26.3 Å². The topological polar surface area (TPSA) is 40.6 Å². The predicted molar refractivity (Wildman–Crippen MR) is 97.4 cm³/mol. The number of rotatable bonds is 5. The van der Waals surface area contributed by atoms with Crippen molar-refractivity contribution in [3.8, 4) is 39.1 Å². The summed E-state index contributed by atoms with van der Waals surface area (Å²) in [6, 6.07) is 13.7. The average Bonchev–Trinajstić information content (AvgIpc) is 3.02. The van der Waals surface area contributed by atoms with Gasteiger partial charge in [-0.3, -0.25) is 0 Å². The number of benzene rings is 2. The molecular weight excluding hydrogens is 322 g/mol. The van der Waals surface area contributed by atoms with Crippen LogP contribution in [0.2, 0.25) is 0 Å². The molecule has 4 nitrogen and oxygen atoms in total. The molecule has 0 saturated heterocycles. The molecule has 0 N–H and O–H groups in total. The number of methoxy groups -OCH3 is 3. The standard InChI is InChI=1S/C19H19NO3S/c1-12-18(16-9-8-15(22-3)11-17(16)23-4)20-19(24-12)13-6-5-7-14(10-13)21-2/h5-11H,1-4H3. The number of aryl methyl sites for hydroxylation is 1. The maximum absolute atomic E-state index is 5.51. The Morgan fingerprint density at radius 2 is 1.62 bits per heavy atom. The van der Waals surface area contributed by atoms with Crippen molar-refractivity contribution in [1.82, 2.24) is 4.98 Å². The Bertz CT molecular complexity index is 858. The normalized spacial score (nSPS) is 10.5. The fraction of sp³-hybridized carbons (Fsp3) is 0.211. The zero-order chi connectivity index (χ0) is 17.1. The number of nitrogens with zero attached hydrogens (tertiary/aromatic N) is 1. The van der Waals surface area contributed by atoms with E-state index in [1.54, 1.807) is 32.7 Å². The molecule has 0 unspecified atom stereocenters. The maximum atomic E-state index is 5.51. The summed E-state index contributed by atoms with van der Waals surface area (Å²) in [7, 11) is 4.96. The largest absolute Gasteiger partial charge is 0.497 e. The quantitative estimate of drug-likeness (QED) is 0.668. The number of hydrogen-bond acceptors (Lipinski definition) is 5. The van der Waals surface area contributed by atoms with E-state index in [0.29, 0.717) is 0 Å². The molecule has 3 rings (SSSR count). The summed E-state index contributed by atoms with van der Waals surface area (Å²) in [6.07, 6.45) is 0. The van der Waals surface area contributed by atoms with Crippen LogP contribution in [0.5, 0.6) is 17.2 Å². The van der Waals surface area contributed by atoms with Gasteiger partial charge in [-0.2, -0.15) is 0 Å². The van der Waals surface area contributed by atoms with Crippen molar-refractivity contribution in [2.24, 2.45) is 0 Å².